The van der Waals surface area contributed by atoms with E-state index in [4.69, 9.17) is 8.83 Å². The van der Waals surface area contributed by atoms with Gasteiger partial charge in [0.2, 0.25) is 0 Å². The van der Waals surface area contributed by atoms with Crippen molar-refractivity contribution in [3.05, 3.63) is 129 Å². The minimum absolute atomic E-state index is 0.0433. The quantitative estimate of drug-likeness (QED) is 0.0848. The van der Waals surface area contributed by atoms with Crippen LogP contribution in [0.25, 0.3) is 66.8 Å². The molecule has 4 aromatic rings. The molecule has 10 rings (SSSR count). The van der Waals surface area contributed by atoms with Gasteiger partial charge in [0.15, 0.2) is 0 Å². The molecule has 2 aliphatic carbocycles. The van der Waals surface area contributed by atoms with E-state index in [1.807, 2.05) is 52.2 Å². The van der Waals surface area contributed by atoms with Crippen LogP contribution in [0.15, 0.2) is 115 Å². The molecule has 0 radical (unpaired) electrons. The fourth-order valence-corrected chi connectivity index (χ4v) is 45.9. The normalized spacial score (nSPS) is 14.3. The van der Waals surface area contributed by atoms with Crippen molar-refractivity contribution in [3.8, 4) is 56.4 Å². The molecule has 6 aliphatic rings. The van der Waals surface area contributed by atoms with E-state index < -0.39 is 116 Å². The van der Waals surface area contributed by atoms with Gasteiger partial charge in [-0.1, -0.05) is 0 Å². The summed E-state index contributed by atoms with van der Waals surface area (Å²) in [4.78, 5) is 48.4. The molecule has 0 bridgehead atoms. The number of rotatable bonds is 8. The van der Waals surface area contributed by atoms with Gasteiger partial charge in [-0.25, -0.2) is 0 Å². The standard InChI is InChI=1S/C23H17As2FO3S4.C19H9FO3.2C2HF3O2.2Hg/c26-14-3-1-13(2-4-14)19-15-5-7-17(27)20(24-30-9-10-31-24)22(15)29-23-16(19)6-8-18(28)21(23)25-32-11-12-33-25;20-12-3-1-11(2-4-12)19-15-7-5-13(21)9-17(15)23-18-10-14(22)6-8-16(18)19;2*3-2(4,5)1(6)7;;/h1-8,27H,9-12H2;1-8,21H;2*(H,6,7);;/q;;;;2*+1/p-2. The average molecular weight is 1570 g/mol. The average Bonchev–Trinajstić information content (AvgIpc) is 4.08. The Bertz CT molecular complexity index is 3460. The van der Waals surface area contributed by atoms with Gasteiger partial charge in [0.05, 0.1) is 0 Å². The van der Waals surface area contributed by atoms with Crippen molar-refractivity contribution in [3.63, 3.8) is 0 Å². The number of carbonyl (C=O) groups excluding carboxylic acids is 2. The van der Waals surface area contributed by atoms with Gasteiger partial charge < -0.3 is 0 Å². The van der Waals surface area contributed by atoms with Crippen LogP contribution >= 0.6 is 40.1 Å². The number of carbonyl (C=O) groups is 2. The second-order valence-corrected chi connectivity index (χ2v) is 48.6. The van der Waals surface area contributed by atoms with Crippen LogP contribution in [0.2, 0.25) is 0 Å². The Labute approximate surface area is 448 Å². The minimum atomic E-state index is -5.31. The molecule has 72 heavy (non-hydrogen) atoms. The summed E-state index contributed by atoms with van der Waals surface area (Å²) in [6.45, 7) is 0. The molecule has 0 spiro atoms. The molecule has 26 heteroatoms. The second kappa shape index (κ2) is 22.1. The zero-order chi connectivity index (χ0) is 51.2. The van der Waals surface area contributed by atoms with Crippen molar-refractivity contribution >= 4 is 113 Å². The summed E-state index contributed by atoms with van der Waals surface area (Å²) in [5.41, 5.74) is 3.07. The number of fused-ring (bicyclic) bond motifs is 4. The summed E-state index contributed by atoms with van der Waals surface area (Å²) in [5.74, 6) is -1.52. The van der Waals surface area contributed by atoms with Crippen molar-refractivity contribution in [1.82, 2.24) is 0 Å². The molecule has 4 aliphatic heterocycles. The number of phenols is 2. The molecule has 4 aromatic carbocycles. The Morgan fingerprint density at radius 1 is 0.528 bits per heavy atom. The van der Waals surface area contributed by atoms with Crippen LogP contribution in [0.5, 0.6) is 11.5 Å². The predicted molar refractivity (Wildman–Crippen MR) is 256 cm³/mol. The van der Waals surface area contributed by atoms with Crippen molar-refractivity contribution in [2.24, 2.45) is 0 Å². The Morgan fingerprint density at radius 2 is 0.958 bits per heavy atom. The van der Waals surface area contributed by atoms with E-state index in [1.54, 1.807) is 24.3 Å². The third-order valence-electron chi connectivity index (χ3n) is 10.9. The molecular weight excluding hydrogens is 1540 g/mol. The fourth-order valence-electron chi connectivity index (χ4n) is 7.80. The third-order valence-corrected chi connectivity index (χ3v) is 48.8. The summed E-state index contributed by atoms with van der Waals surface area (Å²) in [6.07, 6.45) is -10.6. The van der Waals surface area contributed by atoms with E-state index in [9.17, 15) is 64.5 Å². The number of halogens is 8. The molecular formula is C46H26As2F8Hg2O10S4. The zero-order valence-corrected chi connectivity index (χ0v) is 54.2. The van der Waals surface area contributed by atoms with Crippen molar-refractivity contribution in [1.29, 1.82) is 0 Å². The van der Waals surface area contributed by atoms with Crippen LogP contribution < -0.4 is 25.7 Å². The number of phenolic OH excluding ortho intramolecular Hbond substituents is 2. The van der Waals surface area contributed by atoms with E-state index in [1.165, 1.54) is 36.4 Å². The van der Waals surface area contributed by atoms with E-state index in [-0.39, 0.29) is 51.0 Å². The maximum absolute atomic E-state index is 13.8. The molecule has 0 aromatic heterocycles. The van der Waals surface area contributed by atoms with E-state index in [2.05, 4.69) is 5.29 Å². The Hall–Kier alpha value is -3.37. The number of hydrogen-bond donors (Lipinski definition) is 2. The molecule has 0 atom stereocenters. The SMILES string of the molecule is O=C([O][Hg][c]1c2oc3[c]([Hg][O]C(=O)C(F)(F)F)c(O)ccc3c(-c3ccc(F)cc3)c-2ccc1=O)C(F)(F)F.O=c1ccc2c(-c3ccc(F)cc3)c3ccc(O)c([As]4SCCS4)c3oc-2c1[As]1SCCS1. The zero-order valence-electron chi connectivity index (χ0n) is 36.2. The van der Waals surface area contributed by atoms with Crippen LogP contribution in [0.1, 0.15) is 0 Å². The first kappa shape index (κ1) is 53.5. The summed E-state index contributed by atoms with van der Waals surface area (Å²) in [5, 5.41) is 22.4. The van der Waals surface area contributed by atoms with Gasteiger partial charge in [-0.3, -0.25) is 0 Å². The van der Waals surface area contributed by atoms with Crippen LogP contribution in [0, 0.1) is 11.6 Å². The Kier molecular flexibility index (Phi) is 16.4. The fraction of sp³-hybridized carbons (Fsp3) is 0.130. The van der Waals surface area contributed by atoms with Gasteiger partial charge in [0.25, 0.3) is 0 Å². The first-order valence-electron chi connectivity index (χ1n) is 20.9. The Balaban J connectivity index is 0.000000180. The van der Waals surface area contributed by atoms with Crippen LogP contribution in [-0.4, -0.2) is 82.2 Å². The molecule has 2 N–H and O–H groups in total. The van der Waals surface area contributed by atoms with Gasteiger partial charge in [-0.2, -0.15) is 0 Å². The molecule has 2 fully saturated rings. The number of benzene rings is 6. The summed E-state index contributed by atoms with van der Waals surface area (Å²) in [6, 6.07) is 23.3. The number of aromatic hydroxyl groups is 2. The van der Waals surface area contributed by atoms with E-state index in [0.29, 0.717) is 16.9 Å². The predicted octanol–water partition coefficient (Wildman–Crippen LogP) is 8.63. The van der Waals surface area contributed by atoms with Gasteiger partial charge >= 0.3 is 454 Å². The third kappa shape index (κ3) is 11.1. The first-order valence-corrected chi connectivity index (χ1v) is 45.7. The van der Waals surface area contributed by atoms with Crippen LogP contribution in [-0.2, 0) is 64.9 Å². The summed E-state index contributed by atoms with van der Waals surface area (Å²) in [7, 11) is 7.72. The molecule has 2 saturated heterocycles. The van der Waals surface area contributed by atoms with E-state index in [0.717, 1.165) is 78.1 Å². The summed E-state index contributed by atoms with van der Waals surface area (Å²) < 4.78 is 126. The van der Waals surface area contributed by atoms with Gasteiger partial charge in [0, 0.05) is 0 Å². The molecule has 0 saturated carbocycles. The topological polar surface area (TPSA) is 153 Å². The molecule has 4 heterocycles. The summed E-state index contributed by atoms with van der Waals surface area (Å²) >= 11 is -10.6. The van der Waals surface area contributed by atoms with Crippen molar-refractivity contribution < 1.29 is 119 Å². The number of hydrogen-bond acceptors (Lipinski definition) is 14. The van der Waals surface area contributed by atoms with Crippen LogP contribution in [0.3, 0.4) is 0 Å². The monoisotopic (exact) mass is 1570 g/mol. The van der Waals surface area contributed by atoms with E-state index >= 15 is 0 Å². The molecule has 0 amide bonds. The van der Waals surface area contributed by atoms with Crippen molar-refractivity contribution in [2.75, 3.05) is 23.0 Å². The number of alkyl halides is 6. The second-order valence-electron chi connectivity index (χ2n) is 15.4. The molecule has 364 valence electrons. The molecule has 10 nitrogen and oxygen atoms in total. The Morgan fingerprint density at radius 3 is 1.47 bits per heavy atom. The molecule has 0 unspecified atom stereocenters. The van der Waals surface area contributed by atoms with Gasteiger partial charge in [0.1, 0.15) is 0 Å². The van der Waals surface area contributed by atoms with Crippen molar-refractivity contribution in [2.45, 2.75) is 12.4 Å². The van der Waals surface area contributed by atoms with Crippen LogP contribution in [0.4, 0.5) is 35.1 Å². The maximum atomic E-state index is 13.8. The first-order chi connectivity index (χ1) is 34.3. The van der Waals surface area contributed by atoms with Gasteiger partial charge in [-0.15, -0.1) is 0 Å². The van der Waals surface area contributed by atoms with Gasteiger partial charge in [-0.05, 0) is 0 Å².